The highest BCUT2D eigenvalue weighted by atomic mass is 79.9. The van der Waals surface area contributed by atoms with E-state index in [1.165, 1.54) is 23.5 Å². The van der Waals surface area contributed by atoms with Crippen molar-refractivity contribution in [3.63, 3.8) is 0 Å². The van der Waals surface area contributed by atoms with Crippen LogP contribution in [-0.2, 0) is 14.8 Å². The van der Waals surface area contributed by atoms with Crippen molar-refractivity contribution in [2.24, 2.45) is 0 Å². The Bertz CT molecular complexity index is 696. The minimum Gasteiger partial charge on any atom is -0.480 e. The summed E-state index contributed by atoms with van der Waals surface area (Å²) in [6, 6.07) is 7.92. The van der Waals surface area contributed by atoms with Gasteiger partial charge in [-0.3, -0.25) is 4.79 Å². The van der Waals surface area contributed by atoms with Crippen LogP contribution in [0.4, 0.5) is 0 Å². The first-order valence-corrected chi connectivity index (χ1v) is 8.60. The number of carboxylic acid groups (broad SMARTS) is 1. The van der Waals surface area contributed by atoms with Gasteiger partial charge >= 0.3 is 5.97 Å². The topological polar surface area (TPSA) is 83.5 Å². The van der Waals surface area contributed by atoms with Crippen molar-refractivity contribution in [3.8, 4) is 0 Å². The van der Waals surface area contributed by atoms with Crippen LogP contribution >= 0.6 is 27.3 Å². The molecule has 8 heteroatoms. The quantitative estimate of drug-likeness (QED) is 0.840. The molecule has 1 aromatic carbocycles. The van der Waals surface area contributed by atoms with Crippen molar-refractivity contribution < 1.29 is 18.3 Å². The summed E-state index contributed by atoms with van der Waals surface area (Å²) in [5.74, 6) is -1.24. The average molecular weight is 376 g/mol. The molecule has 2 aromatic rings. The Balaban J connectivity index is 2.30. The molecule has 2 rings (SSSR count). The van der Waals surface area contributed by atoms with Crippen molar-refractivity contribution in [1.82, 2.24) is 4.72 Å². The van der Waals surface area contributed by atoms with E-state index in [-0.39, 0.29) is 4.90 Å². The zero-order valence-electron chi connectivity index (χ0n) is 9.99. The van der Waals surface area contributed by atoms with Gasteiger partial charge < -0.3 is 5.11 Å². The minimum absolute atomic E-state index is 0.0171. The molecular formula is C12H10BrNO4S2. The molecule has 0 fully saturated rings. The maximum atomic E-state index is 12.2. The normalized spacial score (nSPS) is 13.1. The van der Waals surface area contributed by atoms with E-state index < -0.39 is 22.0 Å². The molecule has 1 heterocycles. The van der Waals surface area contributed by atoms with E-state index in [0.717, 1.165) is 4.47 Å². The van der Waals surface area contributed by atoms with E-state index in [9.17, 15) is 18.3 Å². The SMILES string of the molecule is O=C(O)C(NS(=O)(=O)c1ccc(Br)cc1)c1cccs1. The second-order valence-electron chi connectivity index (χ2n) is 3.86. The van der Waals surface area contributed by atoms with Crippen LogP contribution < -0.4 is 4.72 Å². The van der Waals surface area contributed by atoms with Gasteiger partial charge in [-0.25, -0.2) is 8.42 Å². The molecule has 2 N–H and O–H groups in total. The number of nitrogens with one attached hydrogen (secondary N) is 1. The molecule has 1 atom stereocenters. The van der Waals surface area contributed by atoms with E-state index >= 15 is 0 Å². The molecule has 0 saturated carbocycles. The van der Waals surface area contributed by atoms with Crippen LogP contribution in [-0.4, -0.2) is 19.5 Å². The molecule has 0 saturated heterocycles. The number of benzene rings is 1. The predicted octanol–water partition coefficient (Wildman–Crippen LogP) is 2.61. The third-order valence-electron chi connectivity index (χ3n) is 2.47. The third-order valence-corrected chi connectivity index (χ3v) is 5.38. The highest BCUT2D eigenvalue weighted by Crippen LogP contribution is 2.22. The highest BCUT2D eigenvalue weighted by Gasteiger charge is 2.27. The largest absolute Gasteiger partial charge is 0.480 e. The number of carbonyl (C=O) groups is 1. The van der Waals surface area contributed by atoms with Crippen LogP contribution in [0.3, 0.4) is 0 Å². The molecule has 0 aliphatic rings. The monoisotopic (exact) mass is 375 g/mol. The van der Waals surface area contributed by atoms with Crippen LogP contribution in [0.5, 0.6) is 0 Å². The first-order chi connectivity index (χ1) is 9.40. The van der Waals surface area contributed by atoms with E-state index in [4.69, 9.17) is 0 Å². The number of thiophene rings is 1. The van der Waals surface area contributed by atoms with E-state index in [2.05, 4.69) is 20.7 Å². The van der Waals surface area contributed by atoms with Gasteiger partial charge in [-0.05, 0) is 35.7 Å². The summed E-state index contributed by atoms with van der Waals surface area (Å²) in [6.45, 7) is 0. The van der Waals surface area contributed by atoms with Crippen molar-refractivity contribution in [3.05, 3.63) is 51.1 Å². The molecule has 106 valence electrons. The Morgan fingerprint density at radius 3 is 2.40 bits per heavy atom. The van der Waals surface area contributed by atoms with Gasteiger partial charge in [-0.15, -0.1) is 11.3 Å². The van der Waals surface area contributed by atoms with Crippen molar-refractivity contribution >= 4 is 43.3 Å². The molecule has 1 aromatic heterocycles. The first kappa shape index (κ1) is 15.2. The van der Waals surface area contributed by atoms with Gasteiger partial charge in [-0.1, -0.05) is 22.0 Å². The van der Waals surface area contributed by atoms with E-state index in [1.807, 2.05) is 0 Å². The van der Waals surface area contributed by atoms with Gasteiger partial charge in [0.05, 0.1) is 4.90 Å². The van der Waals surface area contributed by atoms with Gasteiger partial charge in [0, 0.05) is 9.35 Å². The lowest BCUT2D eigenvalue weighted by Crippen LogP contribution is -2.33. The summed E-state index contributed by atoms with van der Waals surface area (Å²) in [5.41, 5.74) is 0. The molecule has 1 unspecified atom stereocenters. The zero-order chi connectivity index (χ0) is 14.8. The smallest absolute Gasteiger partial charge is 0.327 e. The summed E-state index contributed by atoms with van der Waals surface area (Å²) in [4.78, 5) is 11.7. The van der Waals surface area contributed by atoms with Gasteiger partial charge in [0.2, 0.25) is 10.0 Å². The van der Waals surface area contributed by atoms with Crippen LogP contribution in [0, 0.1) is 0 Å². The Morgan fingerprint density at radius 1 is 1.25 bits per heavy atom. The number of sulfonamides is 1. The Morgan fingerprint density at radius 2 is 1.90 bits per heavy atom. The number of rotatable bonds is 5. The highest BCUT2D eigenvalue weighted by molar-refractivity contribution is 9.10. The summed E-state index contributed by atoms with van der Waals surface area (Å²) in [7, 11) is -3.89. The lowest BCUT2D eigenvalue weighted by molar-refractivity contribution is -0.139. The second-order valence-corrected chi connectivity index (χ2v) is 7.47. The third kappa shape index (κ3) is 3.45. The van der Waals surface area contributed by atoms with Gasteiger partial charge in [-0.2, -0.15) is 4.72 Å². The number of aliphatic carboxylic acids is 1. The first-order valence-electron chi connectivity index (χ1n) is 5.44. The summed E-state index contributed by atoms with van der Waals surface area (Å²) in [5, 5.41) is 10.9. The van der Waals surface area contributed by atoms with Crippen LogP contribution in [0.2, 0.25) is 0 Å². The Kier molecular flexibility index (Phi) is 4.59. The predicted molar refractivity (Wildman–Crippen MR) is 79.2 cm³/mol. The van der Waals surface area contributed by atoms with Crippen molar-refractivity contribution in [2.45, 2.75) is 10.9 Å². The number of halogens is 1. The molecule has 0 spiro atoms. The molecule has 0 bridgehead atoms. The van der Waals surface area contributed by atoms with Gasteiger partial charge in [0.1, 0.15) is 0 Å². The lowest BCUT2D eigenvalue weighted by Gasteiger charge is -2.13. The van der Waals surface area contributed by atoms with E-state index in [0.29, 0.717) is 4.88 Å². The van der Waals surface area contributed by atoms with Gasteiger partial charge in [0.15, 0.2) is 6.04 Å². The summed E-state index contributed by atoms with van der Waals surface area (Å²) in [6.07, 6.45) is 0. The number of hydrogen-bond donors (Lipinski definition) is 2. The van der Waals surface area contributed by atoms with Crippen LogP contribution in [0.1, 0.15) is 10.9 Å². The molecule has 0 amide bonds. The molecule has 20 heavy (non-hydrogen) atoms. The maximum absolute atomic E-state index is 12.2. The molecule has 0 aliphatic heterocycles. The van der Waals surface area contributed by atoms with E-state index in [1.54, 1.807) is 29.6 Å². The van der Waals surface area contributed by atoms with Crippen LogP contribution in [0.15, 0.2) is 51.1 Å². The zero-order valence-corrected chi connectivity index (χ0v) is 13.2. The van der Waals surface area contributed by atoms with Crippen molar-refractivity contribution in [1.29, 1.82) is 0 Å². The minimum atomic E-state index is -3.89. The fourth-order valence-corrected chi connectivity index (χ4v) is 3.80. The molecule has 0 radical (unpaired) electrons. The standard InChI is InChI=1S/C12H10BrNO4S2/c13-8-3-5-9(6-4-8)20(17,18)14-11(12(15)16)10-2-1-7-19-10/h1-7,11,14H,(H,15,16). The fourth-order valence-electron chi connectivity index (χ4n) is 1.52. The molecule has 5 nitrogen and oxygen atoms in total. The molecule has 0 aliphatic carbocycles. The summed E-state index contributed by atoms with van der Waals surface area (Å²) < 4.78 is 27.3. The molecular weight excluding hydrogens is 366 g/mol. The Hall–Kier alpha value is -1.22. The number of carboxylic acids is 1. The Labute approximate surface area is 128 Å². The lowest BCUT2D eigenvalue weighted by atomic mass is 10.3. The number of hydrogen-bond acceptors (Lipinski definition) is 4. The van der Waals surface area contributed by atoms with Crippen LogP contribution in [0.25, 0.3) is 0 Å². The fraction of sp³-hybridized carbons (Fsp3) is 0.0833. The maximum Gasteiger partial charge on any atom is 0.327 e. The van der Waals surface area contributed by atoms with Crippen molar-refractivity contribution in [2.75, 3.05) is 0 Å². The average Bonchev–Trinajstić information content (AvgIpc) is 2.90. The second kappa shape index (κ2) is 6.04. The van der Waals surface area contributed by atoms with Gasteiger partial charge in [0.25, 0.3) is 0 Å². The summed E-state index contributed by atoms with van der Waals surface area (Å²) >= 11 is 4.39.